The van der Waals surface area contributed by atoms with Crippen LogP contribution in [0.5, 0.6) is 5.75 Å². The molecule has 0 aliphatic heterocycles. The zero-order chi connectivity index (χ0) is 12.1. The standard InChI is InChI=1S/C11H11FO4/c1-3-16-11(14)10(13)8-5-4-7(15-2)6-9(8)12/h4-6H,3H2,1-2H3. The lowest BCUT2D eigenvalue weighted by atomic mass is 10.1. The van der Waals surface area contributed by atoms with Crippen molar-refractivity contribution in [2.45, 2.75) is 6.92 Å². The summed E-state index contributed by atoms with van der Waals surface area (Å²) >= 11 is 0. The summed E-state index contributed by atoms with van der Waals surface area (Å²) in [5.74, 6) is -2.59. The van der Waals surface area contributed by atoms with Crippen LogP contribution < -0.4 is 4.74 Å². The summed E-state index contributed by atoms with van der Waals surface area (Å²) in [6.07, 6.45) is 0. The molecule has 0 N–H and O–H groups in total. The number of carbonyl (C=O) groups excluding carboxylic acids is 2. The lowest BCUT2D eigenvalue weighted by molar-refractivity contribution is -0.137. The van der Waals surface area contributed by atoms with Crippen molar-refractivity contribution >= 4 is 11.8 Å². The zero-order valence-corrected chi connectivity index (χ0v) is 8.95. The first-order chi connectivity index (χ1) is 7.60. The van der Waals surface area contributed by atoms with E-state index < -0.39 is 17.6 Å². The Bertz CT molecular complexity index is 414. The van der Waals surface area contributed by atoms with E-state index in [4.69, 9.17) is 4.74 Å². The first-order valence-corrected chi connectivity index (χ1v) is 4.65. The molecule has 0 aromatic heterocycles. The molecule has 0 amide bonds. The molecule has 0 bridgehead atoms. The second-order valence-corrected chi connectivity index (χ2v) is 2.90. The van der Waals surface area contributed by atoms with Crippen molar-refractivity contribution in [1.82, 2.24) is 0 Å². The van der Waals surface area contributed by atoms with Crippen LogP contribution in [0.3, 0.4) is 0 Å². The van der Waals surface area contributed by atoms with E-state index in [1.54, 1.807) is 6.92 Å². The number of benzene rings is 1. The number of hydrogen-bond acceptors (Lipinski definition) is 4. The number of ketones is 1. The Morgan fingerprint density at radius 1 is 1.38 bits per heavy atom. The summed E-state index contributed by atoms with van der Waals surface area (Å²) < 4.78 is 22.6. The molecule has 0 atom stereocenters. The Morgan fingerprint density at radius 2 is 2.06 bits per heavy atom. The van der Waals surface area contributed by atoms with Crippen molar-refractivity contribution in [3.63, 3.8) is 0 Å². The van der Waals surface area contributed by atoms with E-state index in [0.717, 1.165) is 6.07 Å². The fraction of sp³-hybridized carbons (Fsp3) is 0.273. The van der Waals surface area contributed by atoms with Crippen LogP contribution in [0.15, 0.2) is 18.2 Å². The molecule has 0 unspecified atom stereocenters. The van der Waals surface area contributed by atoms with Gasteiger partial charge in [-0.25, -0.2) is 9.18 Å². The van der Waals surface area contributed by atoms with Gasteiger partial charge in [0.05, 0.1) is 19.3 Å². The quantitative estimate of drug-likeness (QED) is 0.444. The van der Waals surface area contributed by atoms with E-state index >= 15 is 0 Å². The normalized spacial score (nSPS) is 9.69. The number of esters is 1. The van der Waals surface area contributed by atoms with Gasteiger partial charge in [0, 0.05) is 6.07 Å². The van der Waals surface area contributed by atoms with Gasteiger partial charge in [-0.1, -0.05) is 0 Å². The Morgan fingerprint density at radius 3 is 2.56 bits per heavy atom. The number of halogens is 1. The largest absolute Gasteiger partial charge is 0.497 e. The molecule has 1 aromatic rings. The molecule has 0 aliphatic carbocycles. The number of methoxy groups -OCH3 is 1. The molecule has 86 valence electrons. The van der Waals surface area contributed by atoms with E-state index in [1.165, 1.54) is 19.2 Å². The van der Waals surface area contributed by atoms with Crippen LogP contribution in [-0.4, -0.2) is 25.5 Å². The van der Waals surface area contributed by atoms with Crippen LogP contribution in [0.25, 0.3) is 0 Å². The third-order valence-corrected chi connectivity index (χ3v) is 1.88. The molecule has 5 heteroatoms. The second-order valence-electron chi connectivity index (χ2n) is 2.90. The molecule has 1 aromatic carbocycles. The number of Topliss-reactive ketones (excluding diaryl/α,β-unsaturated/α-hetero) is 1. The molecule has 0 radical (unpaired) electrons. The Labute approximate surface area is 92.0 Å². The highest BCUT2D eigenvalue weighted by Crippen LogP contribution is 2.16. The summed E-state index contributed by atoms with van der Waals surface area (Å²) in [6, 6.07) is 3.62. The number of hydrogen-bond donors (Lipinski definition) is 0. The van der Waals surface area contributed by atoms with Crippen molar-refractivity contribution in [3.8, 4) is 5.75 Å². The highest BCUT2D eigenvalue weighted by atomic mass is 19.1. The Balaban J connectivity index is 2.96. The van der Waals surface area contributed by atoms with Gasteiger partial charge in [-0.2, -0.15) is 0 Å². The second kappa shape index (κ2) is 5.25. The fourth-order valence-electron chi connectivity index (χ4n) is 1.11. The van der Waals surface area contributed by atoms with Crippen molar-refractivity contribution in [2.75, 3.05) is 13.7 Å². The highest BCUT2D eigenvalue weighted by molar-refractivity contribution is 6.40. The van der Waals surface area contributed by atoms with Gasteiger partial charge >= 0.3 is 5.97 Å². The van der Waals surface area contributed by atoms with E-state index in [2.05, 4.69) is 4.74 Å². The maximum Gasteiger partial charge on any atom is 0.379 e. The van der Waals surface area contributed by atoms with Gasteiger partial charge in [-0.05, 0) is 19.1 Å². The highest BCUT2D eigenvalue weighted by Gasteiger charge is 2.21. The number of ether oxygens (including phenoxy) is 2. The molecule has 0 saturated heterocycles. The van der Waals surface area contributed by atoms with Gasteiger partial charge in [0.1, 0.15) is 11.6 Å². The van der Waals surface area contributed by atoms with Gasteiger partial charge in [-0.3, -0.25) is 4.79 Å². The lowest BCUT2D eigenvalue weighted by Crippen LogP contribution is -2.18. The van der Waals surface area contributed by atoms with Gasteiger partial charge in [0.25, 0.3) is 5.78 Å². The van der Waals surface area contributed by atoms with E-state index in [0.29, 0.717) is 0 Å². The van der Waals surface area contributed by atoms with Crippen molar-refractivity contribution in [1.29, 1.82) is 0 Å². The van der Waals surface area contributed by atoms with Crippen molar-refractivity contribution in [3.05, 3.63) is 29.6 Å². The number of rotatable bonds is 4. The minimum atomic E-state index is -1.06. The van der Waals surface area contributed by atoms with Gasteiger partial charge < -0.3 is 9.47 Å². The summed E-state index contributed by atoms with van der Waals surface area (Å²) in [5.41, 5.74) is -0.320. The van der Waals surface area contributed by atoms with Crippen LogP contribution in [0.4, 0.5) is 4.39 Å². The first-order valence-electron chi connectivity index (χ1n) is 4.65. The third kappa shape index (κ3) is 2.56. The molecular formula is C11H11FO4. The average molecular weight is 226 g/mol. The maximum atomic E-state index is 13.4. The van der Waals surface area contributed by atoms with Gasteiger partial charge in [0.2, 0.25) is 0 Å². The van der Waals surface area contributed by atoms with Crippen LogP contribution in [-0.2, 0) is 9.53 Å². The van der Waals surface area contributed by atoms with Crippen LogP contribution in [0, 0.1) is 5.82 Å². The van der Waals surface area contributed by atoms with Crippen molar-refractivity contribution < 1.29 is 23.5 Å². The maximum absolute atomic E-state index is 13.4. The van der Waals surface area contributed by atoms with Crippen LogP contribution in [0.2, 0.25) is 0 Å². The predicted octanol–water partition coefficient (Wildman–Crippen LogP) is 1.58. The molecule has 1 rings (SSSR count). The molecule has 16 heavy (non-hydrogen) atoms. The minimum absolute atomic E-state index is 0.0718. The average Bonchev–Trinajstić information content (AvgIpc) is 2.28. The van der Waals surface area contributed by atoms with Crippen LogP contribution in [0.1, 0.15) is 17.3 Å². The third-order valence-electron chi connectivity index (χ3n) is 1.88. The van der Waals surface area contributed by atoms with E-state index in [9.17, 15) is 14.0 Å². The smallest absolute Gasteiger partial charge is 0.379 e. The van der Waals surface area contributed by atoms with E-state index in [1.807, 2.05) is 0 Å². The van der Waals surface area contributed by atoms with E-state index in [-0.39, 0.29) is 17.9 Å². The summed E-state index contributed by atoms with van der Waals surface area (Å²) in [7, 11) is 1.38. The molecule has 0 aliphatic rings. The SMILES string of the molecule is CCOC(=O)C(=O)c1ccc(OC)cc1F. The molecule has 4 nitrogen and oxygen atoms in total. The summed E-state index contributed by atoms with van der Waals surface area (Å²) in [5, 5.41) is 0. The Hall–Kier alpha value is -1.91. The summed E-state index contributed by atoms with van der Waals surface area (Å²) in [6.45, 7) is 1.64. The van der Waals surface area contributed by atoms with Crippen molar-refractivity contribution in [2.24, 2.45) is 0 Å². The molecule has 0 spiro atoms. The summed E-state index contributed by atoms with van der Waals surface area (Å²) in [4.78, 5) is 22.5. The van der Waals surface area contributed by atoms with Gasteiger partial charge in [-0.15, -0.1) is 0 Å². The van der Waals surface area contributed by atoms with Crippen LogP contribution >= 0.6 is 0 Å². The van der Waals surface area contributed by atoms with Gasteiger partial charge in [0.15, 0.2) is 0 Å². The Kier molecular flexibility index (Phi) is 3.99. The fourth-order valence-corrected chi connectivity index (χ4v) is 1.11. The topological polar surface area (TPSA) is 52.6 Å². The molecule has 0 fully saturated rings. The minimum Gasteiger partial charge on any atom is -0.497 e. The zero-order valence-electron chi connectivity index (χ0n) is 8.95. The molecule has 0 heterocycles. The molecular weight excluding hydrogens is 215 g/mol. The lowest BCUT2D eigenvalue weighted by Gasteiger charge is -2.04. The monoisotopic (exact) mass is 226 g/mol. The first kappa shape index (κ1) is 12.2. The predicted molar refractivity (Wildman–Crippen MR) is 53.9 cm³/mol. The molecule has 0 saturated carbocycles. The number of carbonyl (C=O) groups is 2.